The van der Waals surface area contributed by atoms with Gasteiger partial charge in [-0.3, -0.25) is 9.59 Å². The summed E-state index contributed by atoms with van der Waals surface area (Å²) in [6, 6.07) is 37.2. The van der Waals surface area contributed by atoms with Crippen LogP contribution >= 0.6 is 34.8 Å². The number of para-hydroxylation sites is 4. The molecule has 6 heterocycles. The van der Waals surface area contributed by atoms with Crippen molar-refractivity contribution < 1.29 is 50.4 Å². The Hall–Kier alpha value is -5.33. The number of amides is 2. The number of phenols is 1. The van der Waals surface area contributed by atoms with E-state index in [1.54, 1.807) is 42.5 Å². The molecule has 0 radical (unpaired) electrons. The van der Waals surface area contributed by atoms with E-state index in [2.05, 4.69) is 25.6 Å². The molecule has 10 rings (SSSR count). The third kappa shape index (κ3) is 8.88. The van der Waals surface area contributed by atoms with Crippen LogP contribution in [-0.2, 0) is 12.8 Å². The molecule has 2 aliphatic heterocycles. The molecule has 0 fully saturated rings. The van der Waals surface area contributed by atoms with Gasteiger partial charge >= 0.3 is 29.6 Å². The van der Waals surface area contributed by atoms with Gasteiger partial charge in [0, 0.05) is 76.7 Å². The van der Waals surface area contributed by atoms with E-state index in [4.69, 9.17) is 49.6 Å². The van der Waals surface area contributed by atoms with Crippen molar-refractivity contribution in [2.24, 2.45) is 0 Å². The van der Waals surface area contributed by atoms with Crippen LogP contribution in [-0.4, -0.2) is 49.9 Å². The van der Waals surface area contributed by atoms with Crippen LogP contribution in [0.4, 0.5) is 0 Å². The smallest absolute Gasteiger partial charge is 1.00 e. The molecule has 58 heavy (non-hydrogen) atoms. The molecule has 0 saturated heterocycles. The summed E-state index contributed by atoms with van der Waals surface area (Å²) in [5, 5.41) is 17.9. The number of aromatic amines is 2. The topological polar surface area (TPSA) is 145 Å². The second-order valence-corrected chi connectivity index (χ2v) is 14.4. The first-order valence-electron chi connectivity index (χ1n) is 18.0. The zero-order valence-electron chi connectivity index (χ0n) is 32.1. The SMILES string of the molecule is O=C1NCCc2[nH]c(-c3cccc4ccc(Cl)nc34)cc21.O=C1NCCc2[nH]c(-c3cccc4ccc(Oc5ccccc5Cl)nc34)cc21.Oc1ccccc1Cl.[H-].[Na+]. The number of H-pyrrole nitrogens is 2. The molecular weight excluding hydrogens is 806 g/mol. The number of nitrogens with one attached hydrogen (secondary N) is 4. The number of aromatic hydroxyl groups is 1. The summed E-state index contributed by atoms with van der Waals surface area (Å²) in [5.41, 5.74) is 8.63. The van der Waals surface area contributed by atoms with Gasteiger partial charge in [-0.1, -0.05) is 95.5 Å². The number of pyridine rings is 2. The first kappa shape index (κ1) is 40.9. The van der Waals surface area contributed by atoms with Crippen LogP contribution in [0.3, 0.4) is 0 Å². The van der Waals surface area contributed by atoms with E-state index >= 15 is 0 Å². The van der Waals surface area contributed by atoms with Crippen molar-refractivity contribution in [2.75, 3.05) is 13.1 Å². The summed E-state index contributed by atoms with van der Waals surface area (Å²) in [7, 11) is 0. The van der Waals surface area contributed by atoms with Gasteiger partial charge < -0.3 is 31.9 Å². The van der Waals surface area contributed by atoms with Crippen LogP contribution in [0.5, 0.6) is 17.4 Å². The van der Waals surface area contributed by atoms with Crippen molar-refractivity contribution in [3.05, 3.63) is 159 Å². The monoisotopic (exact) mass is 838 g/mol. The first-order valence-corrected chi connectivity index (χ1v) is 19.2. The molecular formula is C44H34Cl3N6NaO4. The van der Waals surface area contributed by atoms with Crippen molar-refractivity contribution in [1.29, 1.82) is 0 Å². The number of carbonyl (C=O) groups is 2. The number of rotatable bonds is 4. The molecule has 0 aliphatic carbocycles. The van der Waals surface area contributed by atoms with Crippen molar-refractivity contribution in [1.82, 2.24) is 30.6 Å². The Morgan fingerprint density at radius 3 is 1.66 bits per heavy atom. The molecule has 5 N–H and O–H groups in total. The third-order valence-corrected chi connectivity index (χ3v) is 10.3. The van der Waals surface area contributed by atoms with Crippen LogP contribution in [0.1, 0.15) is 33.5 Å². The number of nitrogens with zero attached hydrogens (tertiary/aromatic N) is 2. The van der Waals surface area contributed by atoms with Gasteiger partial charge in [-0.15, -0.1) is 0 Å². The predicted molar refractivity (Wildman–Crippen MR) is 226 cm³/mol. The van der Waals surface area contributed by atoms with Crippen LogP contribution in [0.15, 0.2) is 121 Å². The molecule has 0 bridgehead atoms. The molecule has 4 aromatic carbocycles. The Kier molecular flexibility index (Phi) is 12.7. The second kappa shape index (κ2) is 18.1. The molecule has 2 amide bonds. The van der Waals surface area contributed by atoms with Crippen LogP contribution in [0.25, 0.3) is 44.3 Å². The maximum absolute atomic E-state index is 12.1. The van der Waals surface area contributed by atoms with Crippen molar-refractivity contribution in [3.8, 4) is 39.9 Å². The zero-order valence-corrected chi connectivity index (χ0v) is 35.3. The maximum Gasteiger partial charge on any atom is 1.00 e. The van der Waals surface area contributed by atoms with Gasteiger partial charge in [-0.25, -0.2) is 9.97 Å². The number of phenolic OH excluding ortho intramolecular Hbond substituents is 1. The van der Waals surface area contributed by atoms with E-state index in [-0.39, 0.29) is 48.5 Å². The summed E-state index contributed by atoms with van der Waals surface area (Å²) in [6.45, 7) is 1.32. The fraction of sp³-hybridized carbons (Fsp3) is 0.0909. The summed E-state index contributed by atoms with van der Waals surface area (Å²) in [6.07, 6.45) is 1.61. The molecule has 8 aromatic rings. The average molecular weight is 840 g/mol. The van der Waals surface area contributed by atoms with Gasteiger partial charge in [0.25, 0.3) is 11.8 Å². The minimum absolute atomic E-state index is 0. The third-order valence-electron chi connectivity index (χ3n) is 9.47. The number of fused-ring (bicyclic) bond motifs is 4. The second-order valence-electron chi connectivity index (χ2n) is 13.2. The fourth-order valence-corrected chi connectivity index (χ4v) is 7.17. The van der Waals surface area contributed by atoms with Gasteiger partial charge in [0.15, 0.2) is 0 Å². The van der Waals surface area contributed by atoms with E-state index in [0.29, 0.717) is 45.5 Å². The van der Waals surface area contributed by atoms with Crippen LogP contribution < -0.4 is 44.9 Å². The molecule has 286 valence electrons. The quantitative estimate of drug-likeness (QED) is 0.0931. The molecule has 10 nitrogen and oxygen atoms in total. The van der Waals surface area contributed by atoms with Crippen molar-refractivity contribution in [3.63, 3.8) is 0 Å². The molecule has 0 atom stereocenters. The molecule has 14 heteroatoms. The average Bonchev–Trinajstić information content (AvgIpc) is 3.87. The largest absolute Gasteiger partial charge is 1.00 e. The first-order chi connectivity index (χ1) is 27.7. The molecule has 0 saturated carbocycles. The Labute approximate surface area is 371 Å². The van der Waals surface area contributed by atoms with Gasteiger partial charge in [0.1, 0.15) is 16.7 Å². The number of hydrogen-bond acceptors (Lipinski definition) is 6. The van der Waals surface area contributed by atoms with Crippen LogP contribution in [0.2, 0.25) is 15.2 Å². The normalized spacial score (nSPS) is 12.7. The number of carbonyl (C=O) groups excluding carboxylic acids is 2. The molecule has 0 unspecified atom stereocenters. The van der Waals surface area contributed by atoms with Crippen LogP contribution in [0, 0.1) is 0 Å². The molecule has 4 aromatic heterocycles. The number of ether oxygens (including phenoxy) is 1. The van der Waals surface area contributed by atoms with Crippen molar-refractivity contribution in [2.45, 2.75) is 12.8 Å². The number of aromatic nitrogens is 4. The van der Waals surface area contributed by atoms with E-state index in [0.717, 1.165) is 74.1 Å². The zero-order chi connectivity index (χ0) is 39.5. The maximum atomic E-state index is 12.1. The Morgan fingerprint density at radius 1 is 0.586 bits per heavy atom. The van der Waals surface area contributed by atoms with Gasteiger partial charge in [0.2, 0.25) is 5.88 Å². The molecule has 2 aliphatic rings. The summed E-state index contributed by atoms with van der Waals surface area (Å²) in [5.74, 6) is 1.08. The number of halogens is 3. The Bertz CT molecular complexity index is 2790. The van der Waals surface area contributed by atoms with E-state index in [1.807, 2.05) is 78.9 Å². The van der Waals surface area contributed by atoms with E-state index in [9.17, 15) is 9.59 Å². The standard InChI is InChI=1S/C22H16ClN3O2.C16H12ClN3O.C6H5ClO.Na.H/c23-16-6-1-2-7-19(16)28-20-9-8-13-4-3-5-14(21(13)26-20)18-12-15-17(25-18)10-11-24-22(15)27;17-14-5-4-9-2-1-3-10(15(9)20-14)13-8-11-12(19-13)6-7-18-16(11)21;7-5-3-1-2-4-6(5)8;;/h1-9,12,25H,10-11H2,(H,24,27);1-5,8,19H,6-7H2,(H,18,21);1-4,8H;;/q;;;+1;-1. The summed E-state index contributed by atoms with van der Waals surface area (Å²) >= 11 is 17.7. The summed E-state index contributed by atoms with van der Waals surface area (Å²) < 4.78 is 5.89. The number of hydrogen-bond donors (Lipinski definition) is 5. The Balaban J connectivity index is 0.000000166. The summed E-state index contributed by atoms with van der Waals surface area (Å²) in [4.78, 5) is 39.9. The van der Waals surface area contributed by atoms with Gasteiger partial charge in [0.05, 0.1) is 32.2 Å². The molecule has 0 spiro atoms. The minimum Gasteiger partial charge on any atom is -1.00 e. The fourth-order valence-electron chi connectivity index (χ4n) is 6.71. The Morgan fingerprint density at radius 2 is 1.12 bits per heavy atom. The van der Waals surface area contributed by atoms with E-state index < -0.39 is 0 Å². The predicted octanol–water partition coefficient (Wildman–Crippen LogP) is 7.29. The van der Waals surface area contributed by atoms with Gasteiger partial charge in [-0.2, -0.15) is 0 Å². The van der Waals surface area contributed by atoms with Crippen molar-refractivity contribution >= 4 is 68.4 Å². The minimum atomic E-state index is -0.0420. The van der Waals surface area contributed by atoms with E-state index in [1.165, 1.54) is 0 Å². The number of benzene rings is 4. The van der Waals surface area contributed by atoms with Gasteiger partial charge in [-0.05, 0) is 54.6 Å².